The molecule has 1 saturated heterocycles. The van der Waals surface area contributed by atoms with Gasteiger partial charge >= 0.3 is 0 Å². The van der Waals surface area contributed by atoms with Crippen LogP contribution in [0.5, 0.6) is 0 Å². The number of carbonyl (C=O) groups excluding carboxylic acids is 1. The second-order valence-electron chi connectivity index (χ2n) is 6.00. The Hall–Kier alpha value is -1.35. The molecule has 3 nitrogen and oxygen atoms in total. The van der Waals surface area contributed by atoms with Gasteiger partial charge in [0, 0.05) is 19.0 Å². The highest BCUT2D eigenvalue weighted by Gasteiger charge is 2.31. The van der Waals surface area contributed by atoms with Gasteiger partial charge in [-0.15, -0.1) is 0 Å². The molecule has 1 aliphatic rings. The van der Waals surface area contributed by atoms with E-state index in [1.807, 2.05) is 11.8 Å². The Bertz CT molecular complexity index is 453. The maximum Gasteiger partial charge on any atom is 0.223 e. The van der Waals surface area contributed by atoms with E-state index in [1.54, 1.807) is 0 Å². The largest absolute Gasteiger partial charge is 0.334 e. The molecule has 0 saturated carbocycles. The standard InChI is InChI=1S/C17H26N2O/c1-4-19-16(20)7-5-6-15(18)17(19)14-10-8-13(9-11-14)12(2)3/h8-12,15,17H,4-7,18H2,1-3H3. The predicted molar refractivity (Wildman–Crippen MR) is 82.5 cm³/mol. The van der Waals surface area contributed by atoms with Gasteiger partial charge in [0.05, 0.1) is 6.04 Å². The Labute approximate surface area is 122 Å². The zero-order valence-corrected chi connectivity index (χ0v) is 12.8. The average molecular weight is 274 g/mol. The molecule has 2 N–H and O–H groups in total. The van der Waals surface area contributed by atoms with Crippen LogP contribution in [0.15, 0.2) is 24.3 Å². The molecule has 1 aromatic rings. The third-order valence-corrected chi connectivity index (χ3v) is 4.28. The van der Waals surface area contributed by atoms with Gasteiger partial charge in [0.15, 0.2) is 0 Å². The summed E-state index contributed by atoms with van der Waals surface area (Å²) in [5.41, 5.74) is 8.83. The molecule has 2 unspecified atom stereocenters. The smallest absolute Gasteiger partial charge is 0.223 e. The Morgan fingerprint density at radius 1 is 1.30 bits per heavy atom. The minimum Gasteiger partial charge on any atom is -0.334 e. The number of hydrogen-bond acceptors (Lipinski definition) is 2. The summed E-state index contributed by atoms with van der Waals surface area (Å²) >= 11 is 0. The van der Waals surface area contributed by atoms with Crippen LogP contribution >= 0.6 is 0 Å². The van der Waals surface area contributed by atoms with Crippen LogP contribution in [-0.2, 0) is 4.79 Å². The molecule has 0 aromatic heterocycles. The molecular weight excluding hydrogens is 248 g/mol. The van der Waals surface area contributed by atoms with Gasteiger partial charge in [0.2, 0.25) is 5.91 Å². The topological polar surface area (TPSA) is 46.3 Å². The van der Waals surface area contributed by atoms with E-state index in [4.69, 9.17) is 5.73 Å². The van der Waals surface area contributed by atoms with Gasteiger partial charge in [0.25, 0.3) is 0 Å². The van der Waals surface area contributed by atoms with Crippen molar-refractivity contribution in [1.82, 2.24) is 4.90 Å². The summed E-state index contributed by atoms with van der Waals surface area (Å²) in [4.78, 5) is 14.2. The second kappa shape index (κ2) is 6.40. The van der Waals surface area contributed by atoms with Crippen molar-refractivity contribution in [2.45, 2.75) is 58.0 Å². The lowest BCUT2D eigenvalue weighted by atomic mass is 9.93. The number of hydrogen-bond donors (Lipinski definition) is 1. The lowest BCUT2D eigenvalue weighted by molar-refractivity contribution is -0.133. The molecule has 0 bridgehead atoms. The number of rotatable bonds is 3. The van der Waals surface area contributed by atoms with E-state index in [0.717, 1.165) is 19.4 Å². The van der Waals surface area contributed by atoms with Crippen molar-refractivity contribution in [1.29, 1.82) is 0 Å². The van der Waals surface area contributed by atoms with Crippen molar-refractivity contribution < 1.29 is 4.79 Å². The van der Waals surface area contributed by atoms with Crippen LogP contribution in [0.3, 0.4) is 0 Å². The minimum atomic E-state index is 0.0243. The van der Waals surface area contributed by atoms with Crippen molar-refractivity contribution >= 4 is 5.91 Å². The number of benzene rings is 1. The summed E-state index contributed by atoms with van der Waals surface area (Å²) in [7, 11) is 0. The van der Waals surface area contributed by atoms with Crippen LogP contribution in [0.1, 0.15) is 63.1 Å². The lowest BCUT2D eigenvalue weighted by Gasteiger charge is -2.33. The third-order valence-electron chi connectivity index (χ3n) is 4.28. The van der Waals surface area contributed by atoms with E-state index in [1.165, 1.54) is 11.1 Å². The minimum absolute atomic E-state index is 0.0243. The van der Waals surface area contributed by atoms with Crippen molar-refractivity contribution in [3.63, 3.8) is 0 Å². The fourth-order valence-corrected chi connectivity index (χ4v) is 3.06. The molecule has 1 aromatic carbocycles. The summed E-state index contributed by atoms with van der Waals surface area (Å²) in [5, 5.41) is 0. The Morgan fingerprint density at radius 3 is 2.50 bits per heavy atom. The molecular formula is C17H26N2O. The molecule has 1 aliphatic heterocycles. The Kier molecular flexibility index (Phi) is 4.81. The maximum atomic E-state index is 12.2. The number of likely N-dealkylation sites (tertiary alicyclic amines) is 1. The van der Waals surface area contributed by atoms with Gasteiger partial charge in [-0.05, 0) is 36.8 Å². The Morgan fingerprint density at radius 2 is 1.95 bits per heavy atom. The van der Waals surface area contributed by atoms with Gasteiger partial charge in [-0.1, -0.05) is 38.1 Å². The molecule has 1 heterocycles. The first kappa shape index (κ1) is 15.0. The van der Waals surface area contributed by atoms with Crippen LogP contribution in [0.25, 0.3) is 0 Å². The van der Waals surface area contributed by atoms with E-state index in [2.05, 4.69) is 38.1 Å². The molecule has 2 atom stereocenters. The molecule has 3 heteroatoms. The molecule has 0 spiro atoms. The van der Waals surface area contributed by atoms with Crippen molar-refractivity contribution in [3.8, 4) is 0 Å². The maximum absolute atomic E-state index is 12.2. The van der Waals surface area contributed by atoms with Crippen LogP contribution in [-0.4, -0.2) is 23.4 Å². The van der Waals surface area contributed by atoms with Gasteiger partial charge in [-0.2, -0.15) is 0 Å². The fraction of sp³-hybridized carbons (Fsp3) is 0.588. The molecule has 1 amide bonds. The van der Waals surface area contributed by atoms with Crippen LogP contribution in [0, 0.1) is 0 Å². The average Bonchev–Trinajstić information content (AvgIpc) is 2.57. The quantitative estimate of drug-likeness (QED) is 0.920. The first-order valence-electron chi connectivity index (χ1n) is 7.69. The number of likely N-dealkylation sites (N-methyl/N-ethyl adjacent to an activating group) is 1. The number of carbonyl (C=O) groups is 1. The van der Waals surface area contributed by atoms with E-state index in [0.29, 0.717) is 12.3 Å². The van der Waals surface area contributed by atoms with Crippen LogP contribution < -0.4 is 5.73 Å². The van der Waals surface area contributed by atoms with Gasteiger partial charge < -0.3 is 10.6 Å². The van der Waals surface area contributed by atoms with Crippen molar-refractivity contribution in [3.05, 3.63) is 35.4 Å². The summed E-state index contributed by atoms with van der Waals surface area (Å²) in [5.74, 6) is 0.758. The molecule has 0 aliphatic carbocycles. The summed E-state index contributed by atoms with van der Waals surface area (Å²) < 4.78 is 0. The predicted octanol–water partition coefficient (Wildman–Crippen LogP) is 3.21. The summed E-state index contributed by atoms with van der Waals surface area (Å²) in [6, 6.07) is 8.66. The van der Waals surface area contributed by atoms with E-state index >= 15 is 0 Å². The molecule has 1 fully saturated rings. The zero-order chi connectivity index (χ0) is 14.7. The highest BCUT2D eigenvalue weighted by atomic mass is 16.2. The summed E-state index contributed by atoms with van der Waals surface area (Å²) in [6.45, 7) is 7.14. The van der Waals surface area contributed by atoms with Gasteiger partial charge in [-0.3, -0.25) is 4.79 Å². The highest BCUT2D eigenvalue weighted by molar-refractivity contribution is 5.77. The van der Waals surface area contributed by atoms with E-state index in [9.17, 15) is 4.79 Å². The van der Waals surface area contributed by atoms with E-state index in [-0.39, 0.29) is 18.0 Å². The van der Waals surface area contributed by atoms with E-state index < -0.39 is 0 Å². The number of nitrogens with zero attached hydrogens (tertiary/aromatic N) is 1. The molecule has 110 valence electrons. The molecule has 2 rings (SSSR count). The number of amides is 1. The monoisotopic (exact) mass is 274 g/mol. The first-order chi connectivity index (χ1) is 9.54. The third kappa shape index (κ3) is 3.04. The normalized spacial score (nSPS) is 24.1. The molecule has 20 heavy (non-hydrogen) atoms. The molecule has 0 radical (unpaired) electrons. The Balaban J connectivity index is 2.32. The number of nitrogens with two attached hydrogens (primary N) is 1. The van der Waals surface area contributed by atoms with Crippen LogP contribution in [0.2, 0.25) is 0 Å². The van der Waals surface area contributed by atoms with Crippen molar-refractivity contribution in [2.75, 3.05) is 6.54 Å². The second-order valence-corrected chi connectivity index (χ2v) is 6.00. The summed E-state index contributed by atoms with van der Waals surface area (Å²) in [6.07, 6.45) is 2.44. The van der Waals surface area contributed by atoms with Gasteiger partial charge in [0.1, 0.15) is 0 Å². The lowest BCUT2D eigenvalue weighted by Crippen LogP contribution is -2.42. The fourth-order valence-electron chi connectivity index (χ4n) is 3.06. The zero-order valence-electron chi connectivity index (χ0n) is 12.8. The van der Waals surface area contributed by atoms with Gasteiger partial charge in [-0.25, -0.2) is 0 Å². The van der Waals surface area contributed by atoms with Crippen LogP contribution in [0.4, 0.5) is 0 Å². The van der Waals surface area contributed by atoms with Crippen molar-refractivity contribution in [2.24, 2.45) is 5.73 Å². The first-order valence-corrected chi connectivity index (χ1v) is 7.69. The highest BCUT2D eigenvalue weighted by Crippen LogP contribution is 2.30. The SMILES string of the molecule is CCN1C(=O)CCCC(N)C1c1ccc(C(C)C)cc1.